The number of hydrogen-bond acceptors (Lipinski definition) is 6. The maximum atomic E-state index is 12.8. The van der Waals surface area contributed by atoms with Gasteiger partial charge >= 0.3 is 0 Å². The predicted molar refractivity (Wildman–Crippen MR) is 105 cm³/mol. The van der Waals surface area contributed by atoms with E-state index in [1.807, 2.05) is 44.2 Å². The number of amides is 1. The molecule has 1 atom stereocenters. The van der Waals surface area contributed by atoms with Gasteiger partial charge in [-0.3, -0.25) is 9.78 Å². The fraction of sp³-hybridized carbons (Fsp3) is 0.211. The first-order valence-corrected chi connectivity index (χ1v) is 9.31. The van der Waals surface area contributed by atoms with Crippen LogP contribution in [0.2, 0.25) is 0 Å². The van der Waals surface area contributed by atoms with Crippen LogP contribution in [0, 0.1) is 13.8 Å². The van der Waals surface area contributed by atoms with E-state index in [2.05, 4.69) is 31.1 Å². The van der Waals surface area contributed by atoms with Gasteiger partial charge in [-0.05, 0) is 62.1 Å². The normalized spacial score (nSPS) is 12.3. The molecule has 1 N–H and O–H groups in total. The summed E-state index contributed by atoms with van der Waals surface area (Å²) >= 11 is 1.25. The summed E-state index contributed by atoms with van der Waals surface area (Å²) in [6, 6.07) is 11.7. The molecule has 0 fully saturated rings. The number of rotatable bonds is 4. The van der Waals surface area contributed by atoms with E-state index in [4.69, 9.17) is 0 Å². The van der Waals surface area contributed by atoms with Crippen molar-refractivity contribution < 1.29 is 4.79 Å². The molecule has 1 aromatic carbocycles. The molecule has 0 radical (unpaired) electrons. The van der Waals surface area contributed by atoms with E-state index in [1.54, 1.807) is 17.8 Å². The summed E-state index contributed by atoms with van der Waals surface area (Å²) in [5, 5.41) is 13.0. The van der Waals surface area contributed by atoms with Crippen molar-refractivity contribution >= 4 is 33.3 Å². The highest BCUT2D eigenvalue weighted by Gasteiger charge is 2.23. The molecule has 0 spiro atoms. The monoisotopic (exact) mass is 378 g/mol. The van der Waals surface area contributed by atoms with Crippen LogP contribution in [-0.4, -0.2) is 30.3 Å². The Kier molecular flexibility index (Phi) is 4.41. The second-order valence-electron chi connectivity index (χ2n) is 6.39. The molecule has 8 heteroatoms. The standard InChI is InChI=1S/C19H18N6OS/c1-11-9-17(27-23-11)21-19(26)18-12(2)22-24-25(18)13(3)14-6-7-16-15(10-14)5-4-8-20-16/h4-10,13H,1-3H3,(H,21,26). The van der Waals surface area contributed by atoms with Crippen LogP contribution in [0.3, 0.4) is 0 Å². The average Bonchev–Trinajstić information content (AvgIpc) is 3.26. The third kappa shape index (κ3) is 3.31. The topological polar surface area (TPSA) is 85.6 Å². The van der Waals surface area contributed by atoms with Crippen LogP contribution in [0.5, 0.6) is 0 Å². The van der Waals surface area contributed by atoms with Gasteiger partial charge in [-0.15, -0.1) is 5.10 Å². The van der Waals surface area contributed by atoms with E-state index in [-0.39, 0.29) is 11.9 Å². The fourth-order valence-corrected chi connectivity index (χ4v) is 3.66. The molecule has 27 heavy (non-hydrogen) atoms. The fourth-order valence-electron chi connectivity index (χ4n) is 3.00. The second-order valence-corrected chi connectivity index (χ2v) is 7.19. The molecule has 0 aliphatic heterocycles. The van der Waals surface area contributed by atoms with Crippen LogP contribution in [0.15, 0.2) is 42.6 Å². The smallest absolute Gasteiger partial charge is 0.276 e. The highest BCUT2D eigenvalue weighted by Crippen LogP contribution is 2.24. The maximum absolute atomic E-state index is 12.8. The van der Waals surface area contributed by atoms with Gasteiger partial charge in [0.2, 0.25) is 0 Å². The molecule has 0 aliphatic carbocycles. The number of fused-ring (bicyclic) bond motifs is 1. The Balaban J connectivity index is 1.67. The van der Waals surface area contributed by atoms with Crippen molar-refractivity contribution in [3.63, 3.8) is 0 Å². The number of carbonyl (C=O) groups is 1. The van der Waals surface area contributed by atoms with E-state index in [0.717, 1.165) is 22.2 Å². The Morgan fingerprint density at radius 3 is 2.85 bits per heavy atom. The highest BCUT2D eigenvalue weighted by molar-refractivity contribution is 7.10. The predicted octanol–water partition coefficient (Wildman–Crippen LogP) is 3.76. The third-order valence-corrected chi connectivity index (χ3v) is 5.21. The van der Waals surface area contributed by atoms with Crippen molar-refractivity contribution in [3.05, 3.63) is 65.2 Å². The van der Waals surface area contributed by atoms with Crippen LogP contribution in [0.25, 0.3) is 10.9 Å². The van der Waals surface area contributed by atoms with Gasteiger partial charge in [-0.1, -0.05) is 17.3 Å². The molecule has 1 amide bonds. The van der Waals surface area contributed by atoms with Crippen molar-refractivity contribution in [1.82, 2.24) is 24.4 Å². The van der Waals surface area contributed by atoms with E-state index in [0.29, 0.717) is 16.4 Å². The molecule has 4 rings (SSSR count). The average molecular weight is 378 g/mol. The molecule has 0 aliphatic rings. The van der Waals surface area contributed by atoms with Crippen molar-refractivity contribution in [2.45, 2.75) is 26.8 Å². The van der Waals surface area contributed by atoms with Gasteiger partial charge in [0.05, 0.1) is 22.9 Å². The van der Waals surface area contributed by atoms with Gasteiger partial charge in [0.15, 0.2) is 0 Å². The van der Waals surface area contributed by atoms with E-state index in [1.165, 1.54) is 11.5 Å². The molecule has 7 nitrogen and oxygen atoms in total. The molecule has 4 aromatic rings. The zero-order chi connectivity index (χ0) is 19.0. The van der Waals surface area contributed by atoms with Gasteiger partial charge < -0.3 is 5.32 Å². The molecular formula is C19H18N6OS. The lowest BCUT2D eigenvalue weighted by Crippen LogP contribution is -2.21. The Morgan fingerprint density at radius 1 is 1.22 bits per heavy atom. The second kappa shape index (κ2) is 6.88. The Hall–Kier alpha value is -3.13. The molecule has 0 saturated carbocycles. The summed E-state index contributed by atoms with van der Waals surface area (Å²) in [5.41, 5.74) is 3.87. The number of benzene rings is 1. The van der Waals surface area contributed by atoms with Crippen LogP contribution < -0.4 is 5.32 Å². The molecule has 1 unspecified atom stereocenters. The summed E-state index contributed by atoms with van der Waals surface area (Å²) in [7, 11) is 0. The number of hydrogen-bond donors (Lipinski definition) is 1. The minimum Gasteiger partial charge on any atom is -0.311 e. The Bertz CT molecular complexity index is 1130. The van der Waals surface area contributed by atoms with Crippen LogP contribution in [0.1, 0.15) is 40.4 Å². The first-order chi connectivity index (χ1) is 13.0. The number of aromatic nitrogens is 5. The van der Waals surface area contributed by atoms with E-state index in [9.17, 15) is 4.79 Å². The molecular weight excluding hydrogens is 360 g/mol. The van der Waals surface area contributed by atoms with Crippen molar-refractivity contribution in [2.24, 2.45) is 0 Å². The lowest BCUT2D eigenvalue weighted by atomic mass is 10.1. The number of nitrogens with one attached hydrogen (secondary N) is 1. The van der Waals surface area contributed by atoms with Crippen LogP contribution in [0.4, 0.5) is 5.00 Å². The minimum atomic E-state index is -0.240. The van der Waals surface area contributed by atoms with Crippen LogP contribution >= 0.6 is 11.5 Å². The first-order valence-electron chi connectivity index (χ1n) is 8.54. The maximum Gasteiger partial charge on any atom is 0.276 e. The third-order valence-electron chi connectivity index (χ3n) is 4.42. The van der Waals surface area contributed by atoms with Crippen molar-refractivity contribution in [1.29, 1.82) is 0 Å². The zero-order valence-electron chi connectivity index (χ0n) is 15.2. The molecule has 3 heterocycles. The molecule has 136 valence electrons. The largest absolute Gasteiger partial charge is 0.311 e. The SMILES string of the molecule is Cc1cc(NC(=O)c2c(C)nnn2C(C)c2ccc3ncccc3c2)sn1. The summed E-state index contributed by atoms with van der Waals surface area (Å²) in [6.45, 7) is 5.67. The van der Waals surface area contributed by atoms with Crippen LogP contribution in [-0.2, 0) is 0 Å². The van der Waals surface area contributed by atoms with Gasteiger partial charge in [-0.25, -0.2) is 4.68 Å². The number of anilines is 1. The lowest BCUT2D eigenvalue weighted by molar-refractivity contribution is 0.101. The van der Waals surface area contributed by atoms with Crippen molar-refractivity contribution in [3.8, 4) is 0 Å². The van der Waals surface area contributed by atoms with Gasteiger partial charge in [-0.2, -0.15) is 4.37 Å². The molecule has 0 saturated heterocycles. The summed E-state index contributed by atoms with van der Waals surface area (Å²) in [5.74, 6) is -0.240. The number of carbonyl (C=O) groups excluding carboxylic acids is 1. The van der Waals surface area contributed by atoms with Crippen molar-refractivity contribution in [2.75, 3.05) is 5.32 Å². The van der Waals surface area contributed by atoms with E-state index >= 15 is 0 Å². The van der Waals surface area contributed by atoms with Gasteiger partial charge in [0, 0.05) is 11.6 Å². The van der Waals surface area contributed by atoms with E-state index < -0.39 is 0 Å². The first kappa shape index (κ1) is 17.3. The number of pyridine rings is 1. The number of nitrogens with zero attached hydrogens (tertiary/aromatic N) is 5. The zero-order valence-corrected chi connectivity index (χ0v) is 16.0. The highest BCUT2D eigenvalue weighted by atomic mass is 32.1. The lowest BCUT2D eigenvalue weighted by Gasteiger charge is -2.15. The Morgan fingerprint density at radius 2 is 2.07 bits per heavy atom. The molecule has 3 aromatic heterocycles. The summed E-state index contributed by atoms with van der Waals surface area (Å²) in [4.78, 5) is 17.2. The molecule has 0 bridgehead atoms. The number of aryl methyl sites for hydroxylation is 2. The minimum absolute atomic E-state index is 0.153. The summed E-state index contributed by atoms with van der Waals surface area (Å²) in [6.07, 6.45) is 1.77. The van der Waals surface area contributed by atoms with Gasteiger partial charge in [0.1, 0.15) is 10.7 Å². The summed E-state index contributed by atoms with van der Waals surface area (Å²) < 4.78 is 5.85. The van der Waals surface area contributed by atoms with Gasteiger partial charge in [0.25, 0.3) is 5.91 Å². The Labute approximate surface area is 160 Å². The quantitative estimate of drug-likeness (QED) is 0.584.